The molecule has 8 nitrogen and oxygen atoms in total. The summed E-state index contributed by atoms with van der Waals surface area (Å²) in [5.74, 6) is -1.09. The van der Waals surface area contributed by atoms with Crippen LogP contribution in [-0.4, -0.2) is 9.85 Å². The third-order valence-corrected chi connectivity index (χ3v) is 5.66. The highest BCUT2D eigenvalue weighted by molar-refractivity contribution is 6.43. The zero-order valence-electron chi connectivity index (χ0n) is 16.2. The minimum atomic E-state index is -0.889. The average Bonchev–Trinajstić information content (AvgIpc) is 2.73. The normalized spacial score (nSPS) is 9.88. The number of nitro groups is 2. The summed E-state index contributed by atoms with van der Waals surface area (Å²) in [6.07, 6.45) is 0. The van der Waals surface area contributed by atoms with E-state index in [1.54, 1.807) is 0 Å². The number of nitrogens with two attached hydrogens (primary N) is 2. The molecule has 3 aromatic rings. The van der Waals surface area contributed by atoms with Gasteiger partial charge in [-0.2, -0.15) is 0 Å². The number of halogens is 8. The van der Waals surface area contributed by atoms with E-state index >= 15 is 0 Å². The van der Waals surface area contributed by atoms with Crippen molar-refractivity contribution in [3.05, 3.63) is 98.4 Å². The van der Waals surface area contributed by atoms with E-state index in [1.165, 1.54) is 12.1 Å². The van der Waals surface area contributed by atoms with Crippen LogP contribution in [0, 0.1) is 31.9 Å². The Morgan fingerprint density at radius 1 is 0.559 bits per heavy atom. The van der Waals surface area contributed by atoms with E-state index in [0.717, 1.165) is 24.3 Å². The number of rotatable bonds is 2. The summed E-state index contributed by atoms with van der Waals surface area (Å²) in [6, 6.07) is 6.42. The van der Waals surface area contributed by atoms with Crippen molar-refractivity contribution in [2.75, 3.05) is 11.5 Å². The Hall–Kier alpha value is -2.34. The fourth-order valence-corrected chi connectivity index (χ4v) is 2.85. The van der Waals surface area contributed by atoms with E-state index in [0.29, 0.717) is 0 Å². The topological polar surface area (TPSA) is 138 Å². The molecule has 0 amide bonds. The first-order chi connectivity index (χ1) is 15.6. The van der Waals surface area contributed by atoms with Crippen LogP contribution < -0.4 is 11.5 Å². The van der Waals surface area contributed by atoms with Gasteiger partial charge in [0.15, 0.2) is 0 Å². The van der Waals surface area contributed by atoms with Crippen LogP contribution in [0.5, 0.6) is 0 Å². The van der Waals surface area contributed by atoms with E-state index in [2.05, 4.69) is 0 Å². The number of anilines is 2. The Kier molecular flexibility index (Phi) is 11.3. The van der Waals surface area contributed by atoms with Gasteiger partial charge in [-0.1, -0.05) is 69.6 Å². The summed E-state index contributed by atoms with van der Waals surface area (Å²) < 4.78 is 25.0. The van der Waals surface area contributed by atoms with Crippen molar-refractivity contribution in [1.82, 2.24) is 0 Å². The predicted molar refractivity (Wildman–Crippen MR) is 131 cm³/mol. The van der Waals surface area contributed by atoms with Crippen LogP contribution in [0.1, 0.15) is 0 Å². The second kappa shape index (κ2) is 12.9. The van der Waals surface area contributed by atoms with Crippen molar-refractivity contribution in [2.24, 2.45) is 0 Å². The molecule has 0 bridgehead atoms. The van der Waals surface area contributed by atoms with Crippen LogP contribution in [0.25, 0.3) is 0 Å². The van der Waals surface area contributed by atoms with Crippen LogP contribution in [0.4, 0.5) is 31.5 Å². The maximum atomic E-state index is 12.5. The maximum absolute atomic E-state index is 12.5. The first kappa shape index (κ1) is 29.7. The fourth-order valence-electron chi connectivity index (χ4n) is 1.89. The lowest BCUT2D eigenvalue weighted by Gasteiger charge is -1.97. The molecule has 0 aliphatic heterocycles. The molecule has 34 heavy (non-hydrogen) atoms. The van der Waals surface area contributed by atoms with Crippen LogP contribution in [0.3, 0.4) is 0 Å². The number of nitro benzene ring substituents is 2. The maximum Gasteiger partial charge on any atom is 0.347 e. The lowest BCUT2D eigenvalue weighted by atomic mass is 10.3. The number of hydrogen-bond acceptors (Lipinski definition) is 6. The first-order valence-electron chi connectivity index (χ1n) is 8.23. The summed E-state index contributed by atoms with van der Waals surface area (Å²) in [6.45, 7) is 0. The predicted octanol–water partition coefficient (Wildman–Crippen LogP) is 8.24. The zero-order valence-corrected chi connectivity index (χ0v) is 20.7. The smallest absolute Gasteiger partial charge is 0.347 e. The van der Waals surface area contributed by atoms with Gasteiger partial charge in [-0.3, -0.25) is 20.2 Å². The first-order valence-corrected chi connectivity index (χ1v) is 10.5. The fraction of sp³-hybridized carbons (Fsp3) is 0. The molecule has 0 aliphatic rings. The highest BCUT2D eigenvalue weighted by atomic mass is 35.5. The Morgan fingerprint density at radius 3 is 1.03 bits per heavy atom. The van der Waals surface area contributed by atoms with Gasteiger partial charge in [-0.25, -0.2) is 8.78 Å². The number of nitrogen functional groups attached to an aromatic ring is 2. The summed E-state index contributed by atoms with van der Waals surface area (Å²) in [5, 5.41) is 21.5. The van der Waals surface area contributed by atoms with Gasteiger partial charge in [-0.05, 0) is 24.3 Å². The molecule has 0 heterocycles. The van der Waals surface area contributed by atoms with Gasteiger partial charge in [0.05, 0.1) is 51.4 Å². The average molecular weight is 595 g/mol. The lowest BCUT2D eigenvalue weighted by Crippen LogP contribution is -1.96. The molecular formula is C18H10Cl6F2N4O4. The lowest BCUT2D eigenvalue weighted by molar-refractivity contribution is -0.422. The van der Waals surface area contributed by atoms with Gasteiger partial charge in [0.2, 0.25) is 0 Å². The molecule has 4 N–H and O–H groups in total. The van der Waals surface area contributed by atoms with Crippen molar-refractivity contribution in [2.45, 2.75) is 0 Å². The molecule has 0 atom stereocenters. The van der Waals surface area contributed by atoms with Crippen LogP contribution in [0.15, 0.2) is 36.4 Å². The van der Waals surface area contributed by atoms with Crippen LogP contribution >= 0.6 is 69.6 Å². The standard InChI is InChI=1S/2C6H4Cl2FN.C6H2Cl2N2O4/c2*7-3-1-5(9)6(10)2-4(3)8;7-3-1-5(9(11)12)6(10(13)14)2-4(3)8/h2*1-2H,10H2;1-2H/i2*9-1;. The van der Waals surface area contributed by atoms with E-state index in [1.807, 2.05) is 0 Å². The van der Waals surface area contributed by atoms with Crippen LogP contribution in [0.2, 0.25) is 30.1 Å². The van der Waals surface area contributed by atoms with Crippen molar-refractivity contribution in [1.29, 1.82) is 0 Å². The van der Waals surface area contributed by atoms with E-state index in [9.17, 15) is 29.0 Å². The van der Waals surface area contributed by atoms with Crippen molar-refractivity contribution in [3.63, 3.8) is 0 Å². The summed E-state index contributed by atoms with van der Waals surface area (Å²) in [5.41, 5.74) is 9.01. The molecule has 0 saturated carbocycles. The minimum absolute atomic E-state index is 0.00870. The monoisotopic (exact) mass is 592 g/mol. The SMILES string of the molecule is Nc1cc(Cl)c(Cl)cc1[18F].Nc1cc(Cl)c(Cl)cc1[18F].O=[N+]([O-])c1cc(Cl)c(Cl)cc1[N+](=O)[O-]. The second-order valence-corrected chi connectivity index (χ2v) is 8.29. The van der Waals surface area contributed by atoms with Crippen LogP contribution in [-0.2, 0) is 0 Å². The van der Waals surface area contributed by atoms with Gasteiger partial charge in [0.25, 0.3) is 0 Å². The third kappa shape index (κ3) is 8.46. The number of benzene rings is 3. The van der Waals surface area contributed by atoms with E-state index in [-0.39, 0.29) is 41.5 Å². The number of hydrogen-bond donors (Lipinski definition) is 2. The van der Waals surface area contributed by atoms with E-state index in [4.69, 9.17) is 81.1 Å². The molecule has 0 aliphatic carbocycles. The summed E-state index contributed by atoms with van der Waals surface area (Å²) >= 11 is 32.9. The summed E-state index contributed by atoms with van der Waals surface area (Å²) in [4.78, 5) is 19.0. The van der Waals surface area contributed by atoms with Gasteiger partial charge in [0, 0.05) is 12.1 Å². The third-order valence-electron chi connectivity index (χ3n) is 3.49. The molecule has 182 valence electrons. The van der Waals surface area contributed by atoms with Crippen molar-refractivity contribution >= 4 is 92.4 Å². The molecule has 0 aromatic heterocycles. The largest absolute Gasteiger partial charge is 0.396 e. The Bertz CT molecular complexity index is 1050. The van der Waals surface area contributed by atoms with Gasteiger partial charge in [-0.15, -0.1) is 0 Å². The van der Waals surface area contributed by atoms with Crippen molar-refractivity contribution in [3.8, 4) is 0 Å². The highest BCUT2D eigenvalue weighted by Gasteiger charge is 2.25. The number of nitrogens with zero attached hydrogens (tertiary/aromatic N) is 2. The Labute approximate surface area is 220 Å². The van der Waals surface area contributed by atoms with Gasteiger partial charge in [0.1, 0.15) is 11.6 Å². The zero-order chi connectivity index (χ0) is 26.3. The Morgan fingerprint density at radius 2 is 0.794 bits per heavy atom. The van der Waals surface area contributed by atoms with Gasteiger partial charge < -0.3 is 11.5 Å². The molecular weight excluding hydrogens is 585 g/mol. The molecule has 0 fully saturated rings. The summed E-state index contributed by atoms with van der Waals surface area (Å²) in [7, 11) is 0. The van der Waals surface area contributed by atoms with Crippen molar-refractivity contribution < 1.29 is 18.6 Å². The highest BCUT2D eigenvalue weighted by Crippen LogP contribution is 2.35. The van der Waals surface area contributed by atoms with E-state index < -0.39 is 32.9 Å². The molecule has 3 rings (SSSR count). The molecule has 16 heteroatoms. The second-order valence-electron chi connectivity index (χ2n) is 5.84. The van der Waals surface area contributed by atoms with Gasteiger partial charge >= 0.3 is 11.4 Å². The molecule has 0 spiro atoms. The molecule has 3 aromatic carbocycles. The molecule has 0 unspecified atom stereocenters. The molecule has 0 saturated heterocycles. The quantitative estimate of drug-likeness (QED) is 0.133. The minimum Gasteiger partial charge on any atom is -0.396 e. The molecule has 0 radical (unpaired) electrons. The Balaban J connectivity index is 0.000000261.